The zero-order chi connectivity index (χ0) is 10.1. The molecular formula is C9H17N3O2. The third kappa shape index (κ3) is 4.94. The highest BCUT2D eigenvalue weighted by molar-refractivity contribution is 4.75. The average molecular weight is 199 g/mol. The Morgan fingerprint density at radius 2 is 2.43 bits per heavy atom. The number of nitrogens with one attached hydrogen (secondary N) is 1. The Hall–Kier alpha value is -0.940. The third-order valence-corrected chi connectivity index (χ3v) is 1.76. The summed E-state index contributed by atoms with van der Waals surface area (Å²) >= 11 is 0. The van der Waals surface area contributed by atoms with Gasteiger partial charge in [0.1, 0.15) is 0 Å². The van der Waals surface area contributed by atoms with Crippen molar-refractivity contribution >= 4 is 0 Å². The van der Waals surface area contributed by atoms with Crippen LogP contribution in [-0.4, -0.2) is 29.9 Å². The maximum absolute atomic E-state index is 5.37. The monoisotopic (exact) mass is 199 g/mol. The topological polar surface area (TPSA) is 60.2 Å². The van der Waals surface area contributed by atoms with E-state index in [2.05, 4.69) is 26.9 Å². The first-order valence-electron chi connectivity index (χ1n) is 4.97. The highest BCUT2D eigenvalue weighted by atomic mass is 16.5. The second kappa shape index (κ2) is 7.46. The van der Waals surface area contributed by atoms with Gasteiger partial charge in [-0.25, -0.2) is 0 Å². The summed E-state index contributed by atoms with van der Waals surface area (Å²) in [5.41, 5.74) is 0. The van der Waals surface area contributed by atoms with Crippen LogP contribution in [-0.2, 0) is 11.3 Å². The van der Waals surface area contributed by atoms with Crippen LogP contribution in [0.1, 0.15) is 25.6 Å². The van der Waals surface area contributed by atoms with E-state index in [1.165, 1.54) is 12.8 Å². The first-order chi connectivity index (χ1) is 6.93. The van der Waals surface area contributed by atoms with Gasteiger partial charge in [-0.1, -0.05) is 18.5 Å². The minimum Gasteiger partial charge on any atom is -0.380 e. The smallest absolute Gasteiger partial charge is 0.213 e. The molecule has 0 amide bonds. The lowest BCUT2D eigenvalue weighted by Gasteiger charge is -2.03. The van der Waals surface area contributed by atoms with Gasteiger partial charge in [-0.3, -0.25) is 0 Å². The van der Waals surface area contributed by atoms with E-state index in [1.807, 2.05) is 0 Å². The molecule has 0 saturated heterocycles. The predicted molar refractivity (Wildman–Crippen MR) is 51.7 cm³/mol. The van der Waals surface area contributed by atoms with Crippen molar-refractivity contribution < 1.29 is 9.26 Å². The van der Waals surface area contributed by atoms with E-state index in [0.29, 0.717) is 12.4 Å². The van der Waals surface area contributed by atoms with Gasteiger partial charge in [-0.2, -0.15) is 4.98 Å². The standard InChI is InChI=1S/C9H17N3O2/c1-2-3-5-13-6-4-10-7-9-11-8-14-12-9/h8,10H,2-7H2,1H3. The summed E-state index contributed by atoms with van der Waals surface area (Å²) in [5.74, 6) is 0.679. The molecule has 0 radical (unpaired) electrons. The van der Waals surface area contributed by atoms with E-state index in [-0.39, 0.29) is 0 Å². The van der Waals surface area contributed by atoms with Crippen molar-refractivity contribution in [3.8, 4) is 0 Å². The van der Waals surface area contributed by atoms with Gasteiger partial charge < -0.3 is 14.6 Å². The fourth-order valence-electron chi connectivity index (χ4n) is 0.963. The lowest BCUT2D eigenvalue weighted by molar-refractivity contribution is 0.132. The summed E-state index contributed by atoms with van der Waals surface area (Å²) in [7, 11) is 0. The number of hydrogen-bond acceptors (Lipinski definition) is 5. The van der Waals surface area contributed by atoms with Crippen molar-refractivity contribution in [3.63, 3.8) is 0 Å². The predicted octanol–water partition coefficient (Wildman–Crippen LogP) is 0.976. The third-order valence-electron chi connectivity index (χ3n) is 1.76. The summed E-state index contributed by atoms with van der Waals surface area (Å²) in [6.07, 6.45) is 3.63. The molecule has 5 heteroatoms. The highest BCUT2D eigenvalue weighted by Gasteiger charge is 1.95. The average Bonchev–Trinajstić information content (AvgIpc) is 2.69. The summed E-state index contributed by atoms with van der Waals surface area (Å²) in [4.78, 5) is 3.88. The maximum atomic E-state index is 5.37. The molecule has 0 aliphatic rings. The van der Waals surface area contributed by atoms with Crippen LogP contribution in [0.25, 0.3) is 0 Å². The second-order valence-electron chi connectivity index (χ2n) is 2.99. The quantitative estimate of drug-likeness (QED) is 0.632. The van der Waals surface area contributed by atoms with Gasteiger partial charge in [-0.05, 0) is 6.42 Å². The van der Waals surface area contributed by atoms with Crippen LogP contribution in [0.5, 0.6) is 0 Å². The van der Waals surface area contributed by atoms with Crippen molar-refractivity contribution in [2.24, 2.45) is 0 Å². The zero-order valence-corrected chi connectivity index (χ0v) is 8.53. The van der Waals surface area contributed by atoms with Gasteiger partial charge in [0.05, 0.1) is 13.2 Å². The molecule has 1 aromatic rings. The Labute approximate surface area is 83.8 Å². The number of rotatable bonds is 8. The fourth-order valence-corrected chi connectivity index (χ4v) is 0.963. The number of nitrogens with zero attached hydrogens (tertiary/aromatic N) is 2. The van der Waals surface area contributed by atoms with Crippen LogP contribution >= 0.6 is 0 Å². The molecule has 5 nitrogen and oxygen atoms in total. The molecule has 0 aliphatic carbocycles. The van der Waals surface area contributed by atoms with Crippen molar-refractivity contribution in [1.29, 1.82) is 0 Å². The number of ether oxygens (including phenoxy) is 1. The molecule has 0 bridgehead atoms. The molecule has 1 heterocycles. The van der Waals surface area contributed by atoms with E-state index in [1.54, 1.807) is 0 Å². The molecule has 14 heavy (non-hydrogen) atoms. The van der Waals surface area contributed by atoms with E-state index in [9.17, 15) is 0 Å². The van der Waals surface area contributed by atoms with Crippen LogP contribution in [0.2, 0.25) is 0 Å². The van der Waals surface area contributed by atoms with E-state index >= 15 is 0 Å². The Balaban J connectivity index is 1.85. The fraction of sp³-hybridized carbons (Fsp3) is 0.778. The lowest BCUT2D eigenvalue weighted by Crippen LogP contribution is -2.20. The molecule has 0 saturated carbocycles. The molecule has 80 valence electrons. The van der Waals surface area contributed by atoms with Gasteiger partial charge in [0.25, 0.3) is 0 Å². The maximum Gasteiger partial charge on any atom is 0.213 e. The van der Waals surface area contributed by atoms with Crippen molar-refractivity contribution in [2.75, 3.05) is 19.8 Å². The Kier molecular flexibility index (Phi) is 5.94. The lowest BCUT2D eigenvalue weighted by atomic mass is 10.4. The van der Waals surface area contributed by atoms with Crippen LogP contribution in [0.4, 0.5) is 0 Å². The van der Waals surface area contributed by atoms with E-state index in [4.69, 9.17) is 4.74 Å². The molecule has 0 atom stereocenters. The summed E-state index contributed by atoms with van der Waals surface area (Å²) < 4.78 is 9.96. The minimum absolute atomic E-state index is 0.633. The molecule has 0 unspecified atom stereocenters. The van der Waals surface area contributed by atoms with Crippen LogP contribution in [0, 0.1) is 0 Å². The summed E-state index contributed by atoms with van der Waals surface area (Å²) in [6.45, 7) is 5.18. The van der Waals surface area contributed by atoms with Gasteiger partial charge in [-0.15, -0.1) is 0 Å². The van der Waals surface area contributed by atoms with Gasteiger partial charge in [0.2, 0.25) is 6.39 Å². The Bertz CT molecular complexity index is 214. The number of hydrogen-bond donors (Lipinski definition) is 1. The molecular weight excluding hydrogens is 182 g/mol. The van der Waals surface area contributed by atoms with Crippen LogP contribution < -0.4 is 5.32 Å². The van der Waals surface area contributed by atoms with Gasteiger partial charge in [0, 0.05) is 13.2 Å². The first-order valence-corrected chi connectivity index (χ1v) is 4.97. The second-order valence-corrected chi connectivity index (χ2v) is 2.99. The Morgan fingerprint density at radius 3 is 3.14 bits per heavy atom. The number of unbranched alkanes of at least 4 members (excludes halogenated alkanes) is 1. The molecule has 0 spiro atoms. The number of aromatic nitrogens is 2. The van der Waals surface area contributed by atoms with Crippen LogP contribution in [0.3, 0.4) is 0 Å². The van der Waals surface area contributed by atoms with Gasteiger partial charge >= 0.3 is 0 Å². The van der Waals surface area contributed by atoms with Crippen molar-refractivity contribution in [1.82, 2.24) is 15.5 Å². The first kappa shape index (κ1) is 11.1. The SMILES string of the molecule is CCCCOCCNCc1ncon1. The Morgan fingerprint density at radius 1 is 1.50 bits per heavy atom. The minimum atomic E-state index is 0.633. The normalized spacial score (nSPS) is 10.6. The summed E-state index contributed by atoms with van der Waals surface area (Å²) in [5, 5.41) is 6.83. The van der Waals surface area contributed by atoms with Crippen molar-refractivity contribution in [3.05, 3.63) is 12.2 Å². The highest BCUT2D eigenvalue weighted by Crippen LogP contribution is 1.88. The van der Waals surface area contributed by atoms with Crippen LogP contribution in [0.15, 0.2) is 10.9 Å². The van der Waals surface area contributed by atoms with E-state index in [0.717, 1.165) is 26.2 Å². The molecule has 1 rings (SSSR count). The molecule has 1 aromatic heterocycles. The van der Waals surface area contributed by atoms with Gasteiger partial charge in [0.15, 0.2) is 5.82 Å². The molecule has 0 fully saturated rings. The summed E-state index contributed by atoms with van der Waals surface area (Å²) in [6, 6.07) is 0. The zero-order valence-electron chi connectivity index (χ0n) is 8.53. The van der Waals surface area contributed by atoms with Crippen molar-refractivity contribution in [2.45, 2.75) is 26.3 Å². The largest absolute Gasteiger partial charge is 0.380 e. The molecule has 0 aromatic carbocycles. The molecule has 1 N–H and O–H groups in total. The molecule has 0 aliphatic heterocycles. The van der Waals surface area contributed by atoms with E-state index < -0.39 is 0 Å².